The fraction of sp³-hybridized carbons (Fsp3) is 0.696. The normalized spacial score (nSPS) is 21.9. The Morgan fingerprint density at radius 3 is 2.79 bits per heavy atom. The van der Waals surface area contributed by atoms with Crippen molar-refractivity contribution in [3.8, 4) is 0 Å². The molecule has 2 aliphatic rings. The Labute approximate surface area is 175 Å². The average molecular weight is 404 g/mol. The van der Waals surface area contributed by atoms with Crippen LogP contribution in [-0.4, -0.2) is 86.2 Å². The lowest BCUT2D eigenvalue weighted by Crippen LogP contribution is -2.46. The second-order valence-corrected chi connectivity index (χ2v) is 8.29. The summed E-state index contributed by atoms with van der Waals surface area (Å²) in [5, 5.41) is 0. The van der Waals surface area contributed by atoms with Crippen LogP contribution in [0.1, 0.15) is 38.4 Å². The van der Waals surface area contributed by atoms with Crippen molar-refractivity contribution in [1.29, 1.82) is 0 Å². The second kappa shape index (κ2) is 11.5. The standard InChI is InChI=1S/C23H37N3O3/c1-3-25-12-4-6-21(25)19-26(23(27)9-8-22-7-5-16-29-22)18-20-10-13-24(14-11-20)15-17-28-2/h5,7-9,16,20-21H,3-4,6,10-15,17-19H2,1-2H3/b9-8+/t21-/m1/s1. The maximum absolute atomic E-state index is 13.1. The molecule has 1 amide bonds. The molecule has 6 heteroatoms. The van der Waals surface area contributed by atoms with E-state index in [1.165, 1.54) is 12.8 Å². The van der Waals surface area contributed by atoms with Crippen molar-refractivity contribution in [1.82, 2.24) is 14.7 Å². The zero-order valence-electron chi connectivity index (χ0n) is 18.1. The molecule has 0 radical (unpaired) electrons. The van der Waals surface area contributed by atoms with Gasteiger partial charge < -0.3 is 19.0 Å². The van der Waals surface area contributed by atoms with Crippen LogP contribution in [0.2, 0.25) is 0 Å². The van der Waals surface area contributed by atoms with Crippen LogP contribution in [0.25, 0.3) is 6.08 Å². The van der Waals surface area contributed by atoms with E-state index in [9.17, 15) is 4.79 Å². The van der Waals surface area contributed by atoms with Crippen molar-refractivity contribution in [2.75, 3.05) is 59.5 Å². The highest BCUT2D eigenvalue weighted by Gasteiger charge is 2.29. The first-order chi connectivity index (χ1) is 14.2. The maximum atomic E-state index is 13.1. The third-order valence-electron chi connectivity index (χ3n) is 6.38. The quantitative estimate of drug-likeness (QED) is 0.562. The highest BCUT2D eigenvalue weighted by Crippen LogP contribution is 2.22. The van der Waals surface area contributed by atoms with E-state index in [2.05, 4.69) is 21.6 Å². The van der Waals surface area contributed by atoms with Gasteiger partial charge in [0.05, 0.1) is 12.9 Å². The van der Waals surface area contributed by atoms with Gasteiger partial charge in [-0.1, -0.05) is 6.92 Å². The lowest BCUT2D eigenvalue weighted by atomic mass is 9.95. The SMILES string of the molecule is CCN1CCC[C@@H]1CN(CC1CCN(CCOC)CC1)C(=O)/C=C/c1ccco1. The Hall–Kier alpha value is -1.63. The van der Waals surface area contributed by atoms with Crippen LogP contribution < -0.4 is 0 Å². The van der Waals surface area contributed by atoms with E-state index in [4.69, 9.17) is 9.15 Å². The van der Waals surface area contributed by atoms with Crippen molar-refractivity contribution >= 4 is 12.0 Å². The minimum Gasteiger partial charge on any atom is -0.465 e. The lowest BCUT2D eigenvalue weighted by molar-refractivity contribution is -0.127. The Balaban J connectivity index is 1.59. The van der Waals surface area contributed by atoms with Gasteiger partial charge in [0.15, 0.2) is 0 Å². The molecule has 2 saturated heterocycles. The number of hydrogen-bond donors (Lipinski definition) is 0. The first kappa shape index (κ1) is 22.1. The number of carbonyl (C=O) groups is 1. The smallest absolute Gasteiger partial charge is 0.246 e. The summed E-state index contributed by atoms with van der Waals surface area (Å²) in [6.45, 7) is 10.1. The number of furan rings is 1. The third-order valence-corrected chi connectivity index (χ3v) is 6.38. The van der Waals surface area contributed by atoms with Crippen molar-refractivity contribution in [3.63, 3.8) is 0 Å². The van der Waals surface area contributed by atoms with Crippen LogP contribution in [0.3, 0.4) is 0 Å². The topological polar surface area (TPSA) is 49.2 Å². The van der Waals surface area contributed by atoms with E-state index < -0.39 is 0 Å². The molecule has 2 fully saturated rings. The fourth-order valence-electron chi connectivity index (χ4n) is 4.60. The Bertz CT molecular complexity index is 623. The summed E-state index contributed by atoms with van der Waals surface area (Å²) >= 11 is 0. The van der Waals surface area contributed by atoms with E-state index in [1.54, 1.807) is 25.5 Å². The van der Waals surface area contributed by atoms with E-state index in [-0.39, 0.29) is 5.91 Å². The molecule has 1 aromatic rings. The summed E-state index contributed by atoms with van der Waals surface area (Å²) < 4.78 is 10.5. The molecule has 0 bridgehead atoms. The van der Waals surface area contributed by atoms with Gasteiger partial charge in [-0.05, 0) is 76.0 Å². The molecule has 6 nitrogen and oxygen atoms in total. The zero-order valence-corrected chi connectivity index (χ0v) is 18.1. The van der Waals surface area contributed by atoms with Crippen LogP contribution in [0.4, 0.5) is 0 Å². The van der Waals surface area contributed by atoms with Crippen molar-refractivity contribution in [2.24, 2.45) is 5.92 Å². The molecule has 29 heavy (non-hydrogen) atoms. The Morgan fingerprint density at radius 1 is 1.28 bits per heavy atom. The number of carbonyl (C=O) groups excluding carboxylic acids is 1. The van der Waals surface area contributed by atoms with E-state index in [0.29, 0.717) is 12.0 Å². The highest BCUT2D eigenvalue weighted by molar-refractivity contribution is 5.91. The number of likely N-dealkylation sites (tertiary alicyclic amines) is 2. The lowest BCUT2D eigenvalue weighted by Gasteiger charge is -2.36. The second-order valence-electron chi connectivity index (χ2n) is 8.29. The summed E-state index contributed by atoms with van der Waals surface area (Å²) in [4.78, 5) is 20.1. The van der Waals surface area contributed by atoms with E-state index in [1.807, 2.05) is 12.1 Å². The van der Waals surface area contributed by atoms with Crippen LogP contribution in [-0.2, 0) is 9.53 Å². The van der Waals surface area contributed by atoms with Gasteiger partial charge in [-0.25, -0.2) is 0 Å². The summed E-state index contributed by atoms with van der Waals surface area (Å²) in [7, 11) is 1.76. The van der Waals surface area contributed by atoms with Gasteiger partial charge >= 0.3 is 0 Å². The maximum Gasteiger partial charge on any atom is 0.246 e. The third kappa shape index (κ3) is 6.69. The van der Waals surface area contributed by atoms with Crippen LogP contribution in [0.15, 0.2) is 28.9 Å². The number of piperidine rings is 1. The van der Waals surface area contributed by atoms with Gasteiger partial charge in [0.25, 0.3) is 0 Å². The van der Waals surface area contributed by atoms with Crippen molar-refractivity contribution < 1.29 is 13.9 Å². The van der Waals surface area contributed by atoms with Crippen LogP contribution >= 0.6 is 0 Å². The van der Waals surface area contributed by atoms with Crippen LogP contribution in [0, 0.1) is 5.92 Å². The first-order valence-corrected chi connectivity index (χ1v) is 11.2. The van der Waals surface area contributed by atoms with Gasteiger partial charge in [-0.2, -0.15) is 0 Å². The first-order valence-electron chi connectivity index (χ1n) is 11.2. The molecule has 0 N–H and O–H groups in total. The Kier molecular flexibility index (Phi) is 8.77. The zero-order chi connectivity index (χ0) is 20.5. The van der Waals surface area contributed by atoms with Gasteiger partial charge in [-0.3, -0.25) is 9.69 Å². The molecule has 0 aliphatic carbocycles. The summed E-state index contributed by atoms with van der Waals surface area (Å²) in [5.41, 5.74) is 0. The van der Waals surface area contributed by atoms with Gasteiger partial charge in [0, 0.05) is 38.9 Å². The minimum atomic E-state index is 0.103. The number of rotatable bonds is 10. The molecule has 0 aromatic carbocycles. The molecular weight excluding hydrogens is 366 g/mol. The van der Waals surface area contributed by atoms with Crippen molar-refractivity contribution in [2.45, 2.75) is 38.6 Å². The van der Waals surface area contributed by atoms with Gasteiger partial charge in [-0.15, -0.1) is 0 Å². The Morgan fingerprint density at radius 2 is 2.10 bits per heavy atom. The summed E-state index contributed by atoms with van der Waals surface area (Å²) in [6.07, 6.45) is 9.83. The molecule has 0 unspecified atom stereocenters. The molecule has 3 heterocycles. The molecule has 162 valence electrons. The largest absolute Gasteiger partial charge is 0.465 e. The minimum absolute atomic E-state index is 0.103. The molecule has 0 saturated carbocycles. The van der Waals surface area contributed by atoms with Gasteiger partial charge in [0.1, 0.15) is 5.76 Å². The highest BCUT2D eigenvalue weighted by atomic mass is 16.5. The van der Waals surface area contributed by atoms with E-state index >= 15 is 0 Å². The summed E-state index contributed by atoms with van der Waals surface area (Å²) in [5.74, 6) is 1.40. The predicted molar refractivity (Wildman–Crippen MR) is 116 cm³/mol. The number of likely N-dealkylation sites (N-methyl/N-ethyl adjacent to an activating group) is 1. The number of methoxy groups -OCH3 is 1. The molecule has 1 atom stereocenters. The number of amides is 1. The van der Waals surface area contributed by atoms with Gasteiger partial charge in [0.2, 0.25) is 5.91 Å². The number of ether oxygens (including phenoxy) is 1. The molecule has 0 spiro atoms. The van der Waals surface area contributed by atoms with E-state index in [0.717, 1.165) is 71.0 Å². The number of nitrogens with zero attached hydrogens (tertiary/aromatic N) is 3. The predicted octanol–water partition coefficient (Wildman–Crippen LogP) is 2.96. The molecule has 1 aromatic heterocycles. The van der Waals surface area contributed by atoms with Crippen LogP contribution in [0.5, 0.6) is 0 Å². The number of hydrogen-bond acceptors (Lipinski definition) is 5. The fourth-order valence-corrected chi connectivity index (χ4v) is 4.60. The van der Waals surface area contributed by atoms with Crippen molar-refractivity contribution in [3.05, 3.63) is 30.2 Å². The molecule has 3 rings (SSSR count). The monoisotopic (exact) mass is 403 g/mol. The summed E-state index contributed by atoms with van der Waals surface area (Å²) in [6, 6.07) is 4.21. The average Bonchev–Trinajstić information content (AvgIpc) is 3.42. The molecular formula is C23H37N3O3. The molecule has 2 aliphatic heterocycles.